The second-order valence-electron chi connectivity index (χ2n) is 13.1. The molecule has 2 heterocycles. The van der Waals surface area contributed by atoms with E-state index < -0.39 is 90.1 Å². The Bertz CT molecular complexity index is 2080. The maximum Gasteiger partial charge on any atom is 0.453 e. The van der Waals surface area contributed by atoms with Gasteiger partial charge in [0, 0.05) is 18.9 Å². The van der Waals surface area contributed by atoms with Gasteiger partial charge in [-0.2, -0.15) is 22.0 Å². The summed E-state index contributed by atoms with van der Waals surface area (Å²) >= 11 is 0. The first-order valence-electron chi connectivity index (χ1n) is 17.4. The molecule has 0 radical (unpaired) electrons. The van der Waals surface area contributed by atoms with Crippen molar-refractivity contribution in [1.29, 1.82) is 0 Å². The molecule has 4 unspecified atom stereocenters. The molecule has 2 saturated heterocycles. The molecule has 3 aromatic carbocycles. The minimum Gasteiger partial charge on any atom is -0.494 e. The SMILES string of the molecule is O=C(/C=C/c1ccc(OC(=O)c2ccc(OCCCC(F)(F)C(F)(F)F)cc2)cc1)OCCCOC(=O)c1cccc(N2C(=O)C3C4C(=O)NC(=O)C4C3C2=O)c1. The topological polar surface area (TPSA) is 172 Å². The summed E-state index contributed by atoms with van der Waals surface area (Å²) in [4.78, 5) is 88.5. The summed E-state index contributed by atoms with van der Waals surface area (Å²) in [6.45, 7) is -0.602. The number of carbonyl (C=O) groups excluding carboxylic acids is 7. The van der Waals surface area contributed by atoms with E-state index in [2.05, 4.69) is 5.32 Å². The molecule has 3 aromatic rings. The van der Waals surface area contributed by atoms with Crippen LogP contribution in [0.3, 0.4) is 0 Å². The van der Waals surface area contributed by atoms with Crippen LogP contribution in [-0.4, -0.2) is 73.5 Å². The fraction of sp³-hybridized carbons (Fsp3) is 0.308. The number of esters is 3. The third kappa shape index (κ3) is 8.69. The number of nitrogens with zero attached hydrogens (tertiary/aromatic N) is 1. The van der Waals surface area contributed by atoms with Gasteiger partial charge in [-0.1, -0.05) is 18.2 Å². The summed E-state index contributed by atoms with van der Waals surface area (Å²) in [6, 6.07) is 17.0. The molecular weight excluding hydrogens is 767 g/mol. The van der Waals surface area contributed by atoms with E-state index in [9.17, 15) is 55.5 Å². The number of nitrogens with one attached hydrogen (secondary N) is 1. The van der Waals surface area contributed by atoms with E-state index in [0.717, 1.165) is 11.0 Å². The summed E-state index contributed by atoms with van der Waals surface area (Å²) in [6.07, 6.45) is -4.83. The van der Waals surface area contributed by atoms with Gasteiger partial charge in [-0.3, -0.25) is 24.5 Å². The first-order valence-corrected chi connectivity index (χ1v) is 17.4. The molecule has 298 valence electrons. The normalized spacial score (nSPS) is 20.1. The first-order chi connectivity index (χ1) is 27.1. The number of hydrogen-bond acceptors (Lipinski definition) is 11. The van der Waals surface area contributed by atoms with Crippen molar-refractivity contribution in [3.63, 3.8) is 0 Å². The van der Waals surface area contributed by atoms with Gasteiger partial charge in [0.15, 0.2) is 0 Å². The highest BCUT2D eigenvalue weighted by molar-refractivity contribution is 6.27. The Hall–Kier alpha value is -6.46. The number of fused-ring (bicyclic) bond motifs is 4. The lowest BCUT2D eigenvalue weighted by molar-refractivity contribution is -0.284. The number of amides is 4. The predicted molar refractivity (Wildman–Crippen MR) is 185 cm³/mol. The van der Waals surface area contributed by atoms with Gasteiger partial charge >= 0.3 is 30.0 Å². The number of alkyl halides is 5. The highest BCUT2D eigenvalue weighted by Crippen LogP contribution is 2.55. The van der Waals surface area contributed by atoms with Crippen molar-refractivity contribution in [2.45, 2.75) is 31.4 Å². The van der Waals surface area contributed by atoms with Crippen LogP contribution in [0.15, 0.2) is 78.9 Å². The van der Waals surface area contributed by atoms with Crippen LogP contribution in [0, 0.1) is 23.7 Å². The lowest BCUT2D eigenvalue weighted by Gasteiger charge is -2.36. The fourth-order valence-electron chi connectivity index (χ4n) is 6.55. The third-order valence-corrected chi connectivity index (χ3v) is 9.43. The summed E-state index contributed by atoms with van der Waals surface area (Å²) in [5.41, 5.74) is 0.823. The molecule has 2 aliphatic heterocycles. The van der Waals surface area contributed by atoms with Crippen LogP contribution >= 0.6 is 0 Å². The van der Waals surface area contributed by atoms with E-state index in [1.807, 2.05) is 0 Å². The van der Waals surface area contributed by atoms with Crippen molar-refractivity contribution < 1.29 is 74.5 Å². The molecular formula is C39H31F5N2O11. The summed E-state index contributed by atoms with van der Waals surface area (Å²) < 4.78 is 83.6. The van der Waals surface area contributed by atoms with Crippen molar-refractivity contribution in [3.05, 3.63) is 95.6 Å². The Kier molecular flexibility index (Phi) is 11.5. The maximum atomic E-state index is 13.0. The molecule has 13 nitrogen and oxygen atoms in total. The van der Waals surface area contributed by atoms with Gasteiger partial charge in [0.1, 0.15) is 11.5 Å². The van der Waals surface area contributed by atoms with Crippen molar-refractivity contribution in [2.75, 3.05) is 24.7 Å². The van der Waals surface area contributed by atoms with Gasteiger partial charge in [0.2, 0.25) is 23.6 Å². The molecule has 3 fully saturated rings. The largest absolute Gasteiger partial charge is 0.494 e. The average Bonchev–Trinajstić information content (AvgIpc) is 3.51. The number of anilines is 1. The van der Waals surface area contributed by atoms with Gasteiger partial charge in [-0.15, -0.1) is 0 Å². The monoisotopic (exact) mass is 798 g/mol. The van der Waals surface area contributed by atoms with Gasteiger partial charge in [-0.05, 0) is 72.7 Å². The molecule has 3 aliphatic rings. The molecule has 4 atom stereocenters. The standard InChI is InChI=1S/C39H31F5N2O11/c40-38(41,39(42,43)44)16-2-17-54-25-13-9-22(10-14-25)37(53)57-26-11-6-21(7-12-26)8-15-27(47)55-18-3-19-56-36(52)23-4-1-5-24(20-23)46-34(50)30-28-29(31(30)35(46)51)33(49)45-32(28)48/h1,4-15,20,28-31H,2-3,16-19H2,(H,45,48,49)/b15-8+. The molecule has 6 rings (SSSR count). The number of carbonyl (C=O) groups is 7. The smallest absolute Gasteiger partial charge is 0.453 e. The van der Waals surface area contributed by atoms with Crippen molar-refractivity contribution in [1.82, 2.24) is 5.32 Å². The Labute approximate surface area is 319 Å². The first kappa shape index (κ1) is 40.2. The minimum absolute atomic E-state index is 0.0441. The Balaban J connectivity index is 0.881. The van der Waals surface area contributed by atoms with Crippen LogP contribution in [0.25, 0.3) is 6.08 Å². The minimum atomic E-state index is -5.63. The van der Waals surface area contributed by atoms with Crippen LogP contribution in [0.5, 0.6) is 11.5 Å². The molecule has 1 aliphatic carbocycles. The zero-order valence-corrected chi connectivity index (χ0v) is 29.5. The summed E-state index contributed by atoms with van der Waals surface area (Å²) in [7, 11) is 0. The molecule has 57 heavy (non-hydrogen) atoms. The zero-order valence-electron chi connectivity index (χ0n) is 29.5. The lowest BCUT2D eigenvalue weighted by atomic mass is 9.59. The third-order valence-electron chi connectivity index (χ3n) is 9.43. The molecule has 4 amide bonds. The van der Waals surface area contributed by atoms with E-state index in [4.69, 9.17) is 18.9 Å². The number of ether oxygens (including phenoxy) is 4. The van der Waals surface area contributed by atoms with Crippen LogP contribution < -0.4 is 19.7 Å². The Morgan fingerprint density at radius 1 is 0.684 bits per heavy atom. The Morgan fingerprint density at radius 2 is 1.30 bits per heavy atom. The van der Waals surface area contributed by atoms with Gasteiger partial charge < -0.3 is 18.9 Å². The highest BCUT2D eigenvalue weighted by atomic mass is 19.4. The van der Waals surface area contributed by atoms with E-state index >= 15 is 0 Å². The molecule has 0 aromatic heterocycles. The maximum absolute atomic E-state index is 13.0. The Morgan fingerprint density at radius 3 is 1.93 bits per heavy atom. The average molecular weight is 799 g/mol. The number of rotatable bonds is 15. The van der Waals surface area contributed by atoms with Crippen LogP contribution in [-0.2, 0) is 33.4 Å². The fourth-order valence-corrected chi connectivity index (χ4v) is 6.55. The van der Waals surface area contributed by atoms with Crippen LogP contribution in [0.2, 0.25) is 0 Å². The van der Waals surface area contributed by atoms with Crippen LogP contribution in [0.4, 0.5) is 27.6 Å². The number of imide groups is 2. The molecule has 0 bridgehead atoms. The number of halogens is 5. The number of hydrogen-bond donors (Lipinski definition) is 1. The van der Waals surface area contributed by atoms with Crippen molar-refractivity contribution >= 4 is 53.3 Å². The zero-order chi connectivity index (χ0) is 41.1. The second kappa shape index (κ2) is 16.3. The summed E-state index contributed by atoms with van der Waals surface area (Å²) in [5, 5.41) is 2.16. The highest BCUT2D eigenvalue weighted by Gasteiger charge is 2.71. The van der Waals surface area contributed by atoms with E-state index in [-0.39, 0.29) is 54.6 Å². The summed E-state index contributed by atoms with van der Waals surface area (Å²) in [5.74, 6) is -12.7. The van der Waals surface area contributed by atoms with Crippen molar-refractivity contribution in [2.24, 2.45) is 23.7 Å². The van der Waals surface area contributed by atoms with E-state index in [1.54, 1.807) is 12.1 Å². The van der Waals surface area contributed by atoms with E-state index in [0.29, 0.717) is 5.56 Å². The number of benzene rings is 3. The van der Waals surface area contributed by atoms with Gasteiger partial charge in [0.05, 0.1) is 60.3 Å². The molecule has 0 spiro atoms. The predicted octanol–water partition coefficient (Wildman–Crippen LogP) is 5.07. The van der Waals surface area contributed by atoms with Gasteiger partial charge in [-0.25, -0.2) is 19.3 Å². The molecule has 18 heteroatoms. The van der Waals surface area contributed by atoms with Crippen molar-refractivity contribution in [3.8, 4) is 11.5 Å². The molecule has 1 saturated carbocycles. The van der Waals surface area contributed by atoms with E-state index in [1.165, 1.54) is 66.7 Å². The second-order valence-corrected chi connectivity index (χ2v) is 13.1. The quantitative estimate of drug-likeness (QED) is 0.0544. The van der Waals surface area contributed by atoms with Crippen LogP contribution in [0.1, 0.15) is 45.5 Å². The molecule has 1 N–H and O–H groups in total. The van der Waals surface area contributed by atoms with Gasteiger partial charge in [0.25, 0.3) is 0 Å². The lowest BCUT2D eigenvalue weighted by Crippen LogP contribution is -2.50.